The number of oxime groups is 1. The number of esters is 1. The number of benzene rings is 1. The second kappa shape index (κ2) is 6.65. The van der Waals surface area contributed by atoms with Gasteiger partial charge in [-0.1, -0.05) is 11.2 Å². The summed E-state index contributed by atoms with van der Waals surface area (Å²) in [6.07, 6.45) is -2.85. The topological polar surface area (TPSA) is 47.9 Å². The molecule has 3 rings (SSSR count). The minimum atomic E-state index is -4.77. The van der Waals surface area contributed by atoms with Crippen molar-refractivity contribution in [3.8, 4) is 0 Å². The van der Waals surface area contributed by atoms with E-state index in [1.54, 1.807) is 0 Å². The van der Waals surface area contributed by atoms with E-state index in [9.17, 15) is 22.4 Å². The van der Waals surface area contributed by atoms with Gasteiger partial charge >= 0.3 is 12.1 Å². The molecule has 1 heterocycles. The molecule has 0 amide bonds. The first-order valence-electron chi connectivity index (χ1n) is 8.01. The van der Waals surface area contributed by atoms with Gasteiger partial charge in [0.1, 0.15) is 11.9 Å². The molecule has 4 nitrogen and oxygen atoms in total. The first-order chi connectivity index (χ1) is 11.8. The summed E-state index contributed by atoms with van der Waals surface area (Å²) in [7, 11) is 0. The van der Waals surface area contributed by atoms with Crippen LogP contribution in [0.3, 0.4) is 0 Å². The molecule has 1 aliphatic heterocycles. The van der Waals surface area contributed by atoms with Crippen LogP contribution < -0.4 is 0 Å². The van der Waals surface area contributed by atoms with Crippen LogP contribution in [0, 0.1) is 17.7 Å². The van der Waals surface area contributed by atoms with Crippen LogP contribution in [0.5, 0.6) is 0 Å². The standard InChI is InChI=1S/C17H17F4NO3/c1-9(23)24-7-6-10-3-5-14-15(10)16(22-25-14)11-2-4-13(18)12(8-11)17(19,20)21/h2,4,8,10,14-15H,3,5-7H2,1H3. The zero-order valence-electron chi connectivity index (χ0n) is 13.5. The van der Waals surface area contributed by atoms with E-state index in [1.807, 2.05) is 0 Å². The van der Waals surface area contributed by atoms with E-state index < -0.39 is 17.6 Å². The van der Waals surface area contributed by atoms with Crippen molar-refractivity contribution in [3.63, 3.8) is 0 Å². The van der Waals surface area contributed by atoms with Gasteiger partial charge in [-0.25, -0.2) is 4.39 Å². The Hall–Kier alpha value is -2.12. The normalized spacial score (nSPS) is 25.3. The van der Waals surface area contributed by atoms with E-state index >= 15 is 0 Å². The molecule has 3 unspecified atom stereocenters. The Bertz CT molecular complexity index is 702. The number of alkyl halides is 3. The molecule has 8 heteroatoms. The molecule has 1 aromatic carbocycles. The molecule has 1 fully saturated rings. The summed E-state index contributed by atoms with van der Waals surface area (Å²) < 4.78 is 57.3. The molecule has 0 N–H and O–H groups in total. The molecule has 2 aliphatic rings. The molecule has 0 aromatic heterocycles. The van der Waals surface area contributed by atoms with E-state index in [1.165, 1.54) is 13.0 Å². The maximum absolute atomic E-state index is 13.5. The molecule has 1 aromatic rings. The lowest BCUT2D eigenvalue weighted by Crippen LogP contribution is -2.25. The third-order valence-electron chi connectivity index (χ3n) is 4.69. The molecular formula is C17H17F4NO3. The third kappa shape index (κ3) is 3.62. The highest BCUT2D eigenvalue weighted by Crippen LogP contribution is 2.43. The molecule has 136 valence electrons. The van der Waals surface area contributed by atoms with Crippen molar-refractivity contribution < 1.29 is 31.9 Å². The number of hydrogen-bond donors (Lipinski definition) is 0. The van der Waals surface area contributed by atoms with Crippen molar-refractivity contribution >= 4 is 11.7 Å². The molecular weight excluding hydrogens is 342 g/mol. The zero-order valence-corrected chi connectivity index (χ0v) is 13.5. The van der Waals surface area contributed by atoms with Gasteiger partial charge in [-0.15, -0.1) is 0 Å². The summed E-state index contributed by atoms with van der Waals surface area (Å²) in [5.41, 5.74) is -0.702. The Morgan fingerprint density at radius 1 is 1.36 bits per heavy atom. The highest BCUT2D eigenvalue weighted by atomic mass is 19.4. The predicted octanol–water partition coefficient (Wildman–Crippen LogP) is 3.93. The Morgan fingerprint density at radius 2 is 2.12 bits per heavy atom. The SMILES string of the molecule is CC(=O)OCCC1CCC2ON=C(c3ccc(F)c(C(F)(F)F)c3)C12. The highest BCUT2D eigenvalue weighted by Gasteiger charge is 2.46. The maximum Gasteiger partial charge on any atom is 0.419 e. The highest BCUT2D eigenvalue weighted by molar-refractivity contribution is 6.03. The molecule has 25 heavy (non-hydrogen) atoms. The average molecular weight is 359 g/mol. The lowest BCUT2D eigenvalue weighted by Gasteiger charge is -2.19. The number of carbonyl (C=O) groups excluding carboxylic acids is 1. The van der Waals surface area contributed by atoms with Gasteiger partial charge in [0.05, 0.1) is 17.9 Å². The number of nitrogens with zero attached hydrogens (tertiary/aromatic N) is 1. The average Bonchev–Trinajstić information content (AvgIpc) is 3.09. The molecule has 0 saturated heterocycles. The minimum absolute atomic E-state index is 0.0880. The third-order valence-corrected chi connectivity index (χ3v) is 4.69. The summed E-state index contributed by atoms with van der Waals surface area (Å²) in [5.74, 6) is -1.78. The molecule has 0 radical (unpaired) electrons. The molecule has 3 atom stereocenters. The van der Waals surface area contributed by atoms with Gasteiger partial charge < -0.3 is 9.57 Å². The van der Waals surface area contributed by atoms with Gasteiger partial charge in [0, 0.05) is 18.4 Å². The van der Waals surface area contributed by atoms with Crippen LogP contribution in [0.15, 0.2) is 23.4 Å². The summed E-state index contributed by atoms with van der Waals surface area (Å²) in [6, 6.07) is 2.87. The Kier molecular flexibility index (Phi) is 4.71. The Labute approximate surface area is 141 Å². The lowest BCUT2D eigenvalue weighted by atomic mass is 9.85. The number of ether oxygens (including phenoxy) is 1. The van der Waals surface area contributed by atoms with Gasteiger partial charge in [0.2, 0.25) is 0 Å². The first kappa shape index (κ1) is 17.7. The number of carbonyl (C=O) groups is 1. The first-order valence-corrected chi connectivity index (χ1v) is 8.01. The van der Waals surface area contributed by atoms with Crippen molar-refractivity contribution in [1.29, 1.82) is 0 Å². The van der Waals surface area contributed by atoms with Gasteiger partial charge in [-0.3, -0.25) is 4.79 Å². The Morgan fingerprint density at radius 3 is 2.80 bits per heavy atom. The Balaban J connectivity index is 1.82. The van der Waals surface area contributed by atoms with Crippen LogP contribution in [0.25, 0.3) is 0 Å². The number of fused-ring (bicyclic) bond motifs is 1. The quantitative estimate of drug-likeness (QED) is 0.605. The van der Waals surface area contributed by atoms with Gasteiger partial charge in [0.15, 0.2) is 0 Å². The van der Waals surface area contributed by atoms with Gasteiger partial charge in [-0.05, 0) is 37.3 Å². The van der Waals surface area contributed by atoms with Crippen molar-refractivity contribution in [1.82, 2.24) is 0 Å². The molecule has 0 spiro atoms. The van der Waals surface area contributed by atoms with Crippen LogP contribution in [0.4, 0.5) is 17.6 Å². The van der Waals surface area contributed by atoms with Crippen molar-refractivity contribution in [2.75, 3.05) is 6.61 Å². The monoisotopic (exact) mass is 359 g/mol. The van der Waals surface area contributed by atoms with E-state index in [4.69, 9.17) is 9.57 Å². The summed E-state index contributed by atoms with van der Waals surface area (Å²) >= 11 is 0. The van der Waals surface area contributed by atoms with E-state index in [-0.39, 0.29) is 36.1 Å². The molecule has 1 aliphatic carbocycles. The van der Waals surface area contributed by atoms with Crippen LogP contribution in [0.1, 0.15) is 37.3 Å². The number of hydrogen-bond acceptors (Lipinski definition) is 4. The smallest absolute Gasteiger partial charge is 0.419 e. The van der Waals surface area contributed by atoms with Crippen LogP contribution in [0.2, 0.25) is 0 Å². The fourth-order valence-electron chi connectivity index (χ4n) is 3.57. The van der Waals surface area contributed by atoms with E-state index in [0.29, 0.717) is 12.1 Å². The van der Waals surface area contributed by atoms with E-state index in [2.05, 4.69) is 5.16 Å². The fraction of sp³-hybridized carbons (Fsp3) is 0.529. The molecule has 0 bridgehead atoms. The van der Waals surface area contributed by atoms with E-state index in [0.717, 1.165) is 25.0 Å². The van der Waals surface area contributed by atoms with Crippen LogP contribution >= 0.6 is 0 Å². The lowest BCUT2D eigenvalue weighted by molar-refractivity contribution is -0.141. The summed E-state index contributed by atoms with van der Waals surface area (Å²) in [4.78, 5) is 16.2. The maximum atomic E-state index is 13.5. The predicted molar refractivity (Wildman–Crippen MR) is 80.3 cm³/mol. The molecule has 1 saturated carbocycles. The zero-order chi connectivity index (χ0) is 18.2. The fourth-order valence-corrected chi connectivity index (χ4v) is 3.57. The number of rotatable bonds is 4. The van der Waals surface area contributed by atoms with Gasteiger partial charge in [-0.2, -0.15) is 13.2 Å². The van der Waals surface area contributed by atoms with Crippen molar-refractivity contribution in [3.05, 3.63) is 35.1 Å². The second-order valence-electron chi connectivity index (χ2n) is 6.30. The second-order valence-corrected chi connectivity index (χ2v) is 6.30. The van der Waals surface area contributed by atoms with Gasteiger partial charge in [0.25, 0.3) is 0 Å². The van der Waals surface area contributed by atoms with Crippen LogP contribution in [-0.2, 0) is 20.5 Å². The van der Waals surface area contributed by atoms with Crippen molar-refractivity contribution in [2.45, 2.75) is 38.5 Å². The number of halogens is 4. The van der Waals surface area contributed by atoms with Crippen molar-refractivity contribution in [2.24, 2.45) is 17.0 Å². The summed E-state index contributed by atoms with van der Waals surface area (Å²) in [6.45, 7) is 1.56. The largest absolute Gasteiger partial charge is 0.466 e. The van der Waals surface area contributed by atoms with Crippen LogP contribution in [-0.4, -0.2) is 24.4 Å². The summed E-state index contributed by atoms with van der Waals surface area (Å²) in [5, 5.41) is 3.96. The minimum Gasteiger partial charge on any atom is -0.466 e.